The zero-order chi connectivity index (χ0) is 20.9. The Kier molecular flexibility index (Phi) is 8.46. The normalized spacial score (nSPS) is 20.8. The first kappa shape index (κ1) is 23.7. The number of pyridine rings is 1. The van der Waals surface area contributed by atoms with Crippen molar-refractivity contribution in [3.63, 3.8) is 0 Å². The van der Waals surface area contributed by atoms with E-state index < -0.39 is 0 Å². The number of rotatable bonds is 5. The van der Waals surface area contributed by atoms with Crippen LogP contribution in [0.25, 0.3) is 0 Å². The van der Waals surface area contributed by atoms with Crippen LogP contribution < -0.4 is 10.6 Å². The summed E-state index contributed by atoms with van der Waals surface area (Å²) in [5.74, 6) is 0.166. The van der Waals surface area contributed by atoms with E-state index in [1.54, 1.807) is 36.5 Å². The molecule has 166 valence electrons. The molecule has 3 heterocycles. The van der Waals surface area contributed by atoms with Crippen molar-refractivity contribution in [3.05, 3.63) is 58.3 Å². The Labute approximate surface area is 197 Å². The molecule has 2 amide bonds. The van der Waals surface area contributed by atoms with Gasteiger partial charge in [0.25, 0.3) is 11.8 Å². The third kappa shape index (κ3) is 6.05. The van der Waals surface area contributed by atoms with Gasteiger partial charge in [-0.25, -0.2) is 0 Å². The number of nitrogens with one attached hydrogen (secondary N) is 2. The maximum atomic E-state index is 12.7. The highest BCUT2D eigenvalue weighted by Crippen LogP contribution is 2.30. The zero-order valence-corrected chi connectivity index (χ0v) is 19.8. The van der Waals surface area contributed by atoms with Gasteiger partial charge in [0.05, 0.1) is 5.56 Å². The zero-order valence-electron chi connectivity index (χ0n) is 17.4. The minimum absolute atomic E-state index is 0. The van der Waals surface area contributed by atoms with E-state index >= 15 is 0 Å². The molecule has 8 heteroatoms. The number of fused-ring (bicyclic) bond motifs is 1. The summed E-state index contributed by atoms with van der Waals surface area (Å²) in [5.41, 5.74) is 1.59. The molecule has 2 fully saturated rings. The fourth-order valence-electron chi connectivity index (χ4n) is 4.62. The van der Waals surface area contributed by atoms with Crippen LogP contribution in [-0.4, -0.2) is 47.4 Å². The number of nitrogens with zero attached hydrogens (tertiary/aromatic N) is 2. The summed E-state index contributed by atoms with van der Waals surface area (Å²) in [7, 11) is 0. The van der Waals surface area contributed by atoms with Crippen molar-refractivity contribution < 1.29 is 9.59 Å². The van der Waals surface area contributed by atoms with Gasteiger partial charge in [0, 0.05) is 40.7 Å². The second-order valence-electron chi connectivity index (χ2n) is 8.14. The molecule has 2 aliphatic rings. The van der Waals surface area contributed by atoms with Crippen molar-refractivity contribution in [2.24, 2.45) is 5.92 Å². The van der Waals surface area contributed by atoms with Gasteiger partial charge < -0.3 is 15.5 Å². The summed E-state index contributed by atoms with van der Waals surface area (Å²) in [6.45, 7) is 3.11. The van der Waals surface area contributed by atoms with Crippen LogP contribution >= 0.6 is 28.3 Å². The number of hydrogen-bond acceptors (Lipinski definition) is 4. The lowest BCUT2D eigenvalue weighted by atomic mass is 9.83. The second kappa shape index (κ2) is 11.1. The standard InChI is InChI=1S/C23H27BrN4O2.ClH/c24-19-11-18(13-25-15-19)23(30)27-20-7-3-5-16(12-20)22(29)26-14-17-6-4-10-28-9-2-1-8-21(17)28;/h3,5,7,11-13,15,17,21H,1-2,4,6,8-10,14H2,(H,26,29)(H,27,30);1H/t17-,21+;/m0./s1. The number of carbonyl (C=O) groups excluding carboxylic acids is 2. The summed E-state index contributed by atoms with van der Waals surface area (Å²) in [6.07, 6.45) is 9.36. The molecule has 1 aromatic heterocycles. The Morgan fingerprint density at radius 2 is 1.87 bits per heavy atom. The number of aromatic nitrogens is 1. The average Bonchev–Trinajstić information content (AvgIpc) is 2.77. The van der Waals surface area contributed by atoms with E-state index in [0.717, 1.165) is 4.47 Å². The monoisotopic (exact) mass is 506 g/mol. The number of hydrogen-bond donors (Lipinski definition) is 2. The predicted octanol–water partition coefficient (Wildman–Crippen LogP) is 4.51. The molecule has 2 aliphatic heterocycles. The van der Waals surface area contributed by atoms with Crippen molar-refractivity contribution >= 4 is 45.8 Å². The minimum Gasteiger partial charge on any atom is -0.352 e. The van der Waals surface area contributed by atoms with Crippen LogP contribution in [0.1, 0.15) is 52.8 Å². The fourth-order valence-corrected chi connectivity index (χ4v) is 4.98. The lowest BCUT2D eigenvalue weighted by Crippen LogP contribution is -2.51. The third-order valence-electron chi connectivity index (χ3n) is 6.10. The number of halogens is 2. The van der Waals surface area contributed by atoms with E-state index in [9.17, 15) is 9.59 Å². The van der Waals surface area contributed by atoms with E-state index in [2.05, 4.69) is 36.4 Å². The molecule has 0 bridgehead atoms. The van der Waals surface area contributed by atoms with Gasteiger partial charge in [0.1, 0.15) is 0 Å². The highest BCUT2D eigenvalue weighted by molar-refractivity contribution is 9.10. The van der Waals surface area contributed by atoms with Crippen LogP contribution in [0.5, 0.6) is 0 Å². The number of piperidine rings is 2. The second-order valence-corrected chi connectivity index (χ2v) is 9.05. The van der Waals surface area contributed by atoms with E-state index in [0.29, 0.717) is 35.3 Å². The highest BCUT2D eigenvalue weighted by atomic mass is 79.9. The topological polar surface area (TPSA) is 74.3 Å². The summed E-state index contributed by atoms with van der Waals surface area (Å²) >= 11 is 3.32. The molecule has 0 spiro atoms. The molecule has 31 heavy (non-hydrogen) atoms. The van der Waals surface area contributed by atoms with E-state index in [4.69, 9.17) is 0 Å². The Bertz CT molecular complexity index is 924. The maximum Gasteiger partial charge on any atom is 0.257 e. The largest absolute Gasteiger partial charge is 0.352 e. The molecular formula is C23H28BrClN4O2. The molecule has 4 rings (SSSR count). The molecule has 0 radical (unpaired) electrons. The lowest BCUT2D eigenvalue weighted by molar-refractivity contribution is 0.0575. The quantitative estimate of drug-likeness (QED) is 0.624. The third-order valence-corrected chi connectivity index (χ3v) is 6.54. The van der Waals surface area contributed by atoms with Gasteiger partial charge in [-0.3, -0.25) is 14.6 Å². The number of amides is 2. The molecule has 2 atom stereocenters. The van der Waals surface area contributed by atoms with Crippen LogP contribution in [0.3, 0.4) is 0 Å². The predicted molar refractivity (Wildman–Crippen MR) is 128 cm³/mol. The Morgan fingerprint density at radius 3 is 2.71 bits per heavy atom. The minimum atomic E-state index is -0.263. The van der Waals surface area contributed by atoms with Gasteiger partial charge in [-0.2, -0.15) is 0 Å². The van der Waals surface area contributed by atoms with Gasteiger partial charge in [-0.1, -0.05) is 12.5 Å². The molecule has 2 N–H and O–H groups in total. The number of anilines is 1. The highest BCUT2D eigenvalue weighted by Gasteiger charge is 2.32. The first-order valence-corrected chi connectivity index (χ1v) is 11.4. The van der Waals surface area contributed by atoms with Crippen LogP contribution in [0.2, 0.25) is 0 Å². The molecule has 0 aliphatic carbocycles. The van der Waals surface area contributed by atoms with Crippen LogP contribution in [0, 0.1) is 5.92 Å². The van der Waals surface area contributed by atoms with Crippen molar-refractivity contribution in [1.82, 2.24) is 15.2 Å². The van der Waals surface area contributed by atoms with E-state index in [-0.39, 0.29) is 24.2 Å². The van der Waals surface area contributed by atoms with Crippen molar-refractivity contribution in [3.8, 4) is 0 Å². The first-order valence-electron chi connectivity index (χ1n) is 10.6. The summed E-state index contributed by atoms with van der Waals surface area (Å²) < 4.78 is 0.738. The van der Waals surface area contributed by atoms with E-state index in [1.165, 1.54) is 51.4 Å². The van der Waals surface area contributed by atoms with Gasteiger partial charge >= 0.3 is 0 Å². The van der Waals surface area contributed by atoms with Crippen molar-refractivity contribution in [2.45, 2.75) is 38.1 Å². The van der Waals surface area contributed by atoms with E-state index in [1.807, 2.05) is 0 Å². The Hall–Kier alpha value is -1.96. The van der Waals surface area contributed by atoms with Crippen LogP contribution in [0.15, 0.2) is 47.2 Å². The van der Waals surface area contributed by atoms with Crippen molar-refractivity contribution in [1.29, 1.82) is 0 Å². The molecular weight excluding hydrogens is 480 g/mol. The Morgan fingerprint density at radius 1 is 1.03 bits per heavy atom. The number of carbonyl (C=O) groups is 2. The maximum absolute atomic E-state index is 12.7. The van der Waals surface area contributed by atoms with Crippen LogP contribution in [-0.2, 0) is 0 Å². The summed E-state index contributed by atoms with van der Waals surface area (Å²) in [4.78, 5) is 31.8. The smallest absolute Gasteiger partial charge is 0.257 e. The van der Waals surface area contributed by atoms with Crippen molar-refractivity contribution in [2.75, 3.05) is 25.0 Å². The lowest BCUT2D eigenvalue weighted by Gasteiger charge is -2.44. The van der Waals surface area contributed by atoms with Gasteiger partial charge in [0.2, 0.25) is 0 Å². The van der Waals surface area contributed by atoms with Gasteiger partial charge in [0.15, 0.2) is 0 Å². The molecule has 2 saturated heterocycles. The summed E-state index contributed by atoms with van der Waals surface area (Å²) in [5, 5.41) is 5.96. The van der Waals surface area contributed by atoms with Gasteiger partial charge in [-0.05, 0) is 84.9 Å². The summed E-state index contributed by atoms with van der Waals surface area (Å²) in [6, 6.07) is 9.37. The van der Waals surface area contributed by atoms with Crippen LogP contribution in [0.4, 0.5) is 5.69 Å². The molecule has 0 unspecified atom stereocenters. The number of benzene rings is 1. The Balaban J connectivity index is 0.00000272. The molecule has 0 saturated carbocycles. The molecule has 1 aromatic carbocycles. The SMILES string of the molecule is Cl.O=C(NC[C@@H]1CCCN2CCCC[C@H]12)c1cccc(NC(=O)c2cncc(Br)c2)c1. The molecule has 6 nitrogen and oxygen atoms in total. The fraction of sp³-hybridized carbons (Fsp3) is 0.435. The molecule has 2 aromatic rings. The van der Waals surface area contributed by atoms with Gasteiger partial charge in [-0.15, -0.1) is 12.4 Å². The first-order chi connectivity index (χ1) is 14.6. The average molecular weight is 508 g/mol.